The minimum Gasteiger partial charge on any atom is -0.454 e. The lowest BCUT2D eigenvalue weighted by Gasteiger charge is -2.26. The first-order valence-electron chi connectivity index (χ1n) is 9.45. The van der Waals surface area contributed by atoms with Crippen molar-refractivity contribution in [2.24, 2.45) is 11.7 Å². The highest BCUT2D eigenvalue weighted by Gasteiger charge is 2.24. The van der Waals surface area contributed by atoms with Crippen LogP contribution in [0.15, 0.2) is 18.2 Å². The molecule has 1 aromatic rings. The second-order valence-corrected chi connectivity index (χ2v) is 7.48. The molecular formula is C20H30N2O6. The van der Waals surface area contributed by atoms with Crippen molar-refractivity contribution in [2.45, 2.75) is 58.9 Å². The van der Waals surface area contributed by atoms with Crippen LogP contribution in [0.3, 0.4) is 0 Å². The molecule has 0 aliphatic carbocycles. The van der Waals surface area contributed by atoms with Crippen LogP contribution < -0.4 is 15.2 Å². The van der Waals surface area contributed by atoms with Crippen molar-refractivity contribution < 1.29 is 28.5 Å². The molecule has 0 aromatic heterocycles. The number of hydrogen-bond acceptors (Lipinski definition) is 7. The number of nitrogens with two attached hydrogens (primary N) is 1. The quantitative estimate of drug-likeness (QED) is 0.534. The Morgan fingerprint density at radius 2 is 1.82 bits per heavy atom. The van der Waals surface area contributed by atoms with Gasteiger partial charge in [-0.05, 0) is 43.4 Å². The Morgan fingerprint density at radius 1 is 1.14 bits per heavy atom. The number of likely N-dealkylation sites (N-methyl/N-ethyl adjacent to an activating group) is 1. The van der Waals surface area contributed by atoms with Gasteiger partial charge in [0, 0.05) is 20.0 Å². The van der Waals surface area contributed by atoms with E-state index in [1.807, 2.05) is 39.0 Å². The summed E-state index contributed by atoms with van der Waals surface area (Å²) in [5, 5.41) is 0. The van der Waals surface area contributed by atoms with Crippen molar-refractivity contribution in [3.8, 4) is 11.5 Å². The fourth-order valence-electron chi connectivity index (χ4n) is 2.83. The number of ether oxygens (including phenoxy) is 4. The molecule has 0 saturated heterocycles. The van der Waals surface area contributed by atoms with Crippen molar-refractivity contribution in [2.75, 3.05) is 13.8 Å². The molecule has 1 heterocycles. The highest BCUT2D eigenvalue weighted by molar-refractivity contribution is 5.75. The van der Waals surface area contributed by atoms with Crippen molar-refractivity contribution in [3.63, 3.8) is 0 Å². The van der Waals surface area contributed by atoms with Gasteiger partial charge in [0.2, 0.25) is 13.1 Å². The molecule has 1 aliphatic rings. The number of rotatable bonds is 8. The zero-order chi connectivity index (χ0) is 20.8. The molecule has 2 rings (SSSR count). The number of carbonyl (C=O) groups is 2. The third-order valence-corrected chi connectivity index (χ3v) is 4.49. The van der Waals surface area contributed by atoms with Crippen LogP contribution in [0, 0.1) is 5.92 Å². The molecule has 3 unspecified atom stereocenters. The third-order valence-electron chi connectivity index (χ3n) is 4.49. The van der Waals surface area contributed by atoms with E-state index in [1.54, 1.807) is 7.05 Å². The molecule has 156 valence electrons. The summed E-state index contributed by atoms with van der Waals surface area (Å²) in [7, 11) is 1.64. The average molecular weight is 394 g/mol. The van der Waals surface area contributed by atoms with Crippen LogP contribution in [0.4, 0.5) is 4.79 Å². The molecule has 28 heavy (non-hydrogen) atoms. The summed E-state index contributed by atoms with van der Waals surface area (Å²) in [6, 6.07) is 4.81. The van der Waals surface area contributed by atoms with Crippen LogP contribution in [0.25, 0.3) is 0 Å². The van der Waals surface area contributed by atoms with E-state index < -0.39 is 24.4 Å². The van der Waals surface area contributed by atoms with Crippen LogP contribution in [-0.2, 0) is 20.7 Å². The Morgan fingerprint density at radius 3 is 2.50 bits per heavy atom. The van der Waals surface area contributed by atoms with Crippen LogP contribution in [-0.4, -0.2) is 49.2 Å². The number of carbonyl (C=O) groups excluding carboxylic acids is 2. The molecule has 1 aliphatic heterocycles. The lowest BCUT2D eigenvalue weighted by atomic mass is 10.1. The van der Waals surface area contributed by atoms with E-state index in [-0.39, 0.29) is 18.8 Å². The van der Waals surface area contributed by atoms with Crippen LogP contribution in [0.1, 0.15) is 39.7 Å². The summed E-state index contributed by atoms with van der Waals surface area (Å²) in [6.07, 6.45) is -0.480. The fraction of sp³-hybridized carbons (Fsp3) is 0.600. The fourth-order valence-corrected chi connectivity index (χ4v) is 2.83. The minimum atomic E-state index is -1.02. The maximum absolute atomic E-state index is 12.3. The summed E-state index contributed by atoms with van der Waals surface area (Å²) in [5.74, 6) is 1.11. The predicted octanol–water partition coefficient (Wildman–Crippen LogP) is 2.68. The van der Waals surface area contributed by atoms with E-state index in [2.05, 4.69) is 0 Å². The van der Waals surface area contributed by atoms with Gasteiger partial charge in [-0.1, -0.05) is 19.9 Å². The van der Waals surface area contributed by atoms with Gasteiger partial charge in [0.25, 0.3) is 0 Å². The first-order chi connectivity index (χ1) is 13.2. The molecule has 0 bridgehead atoms. The van der Waals surface area contributed by atoms with Gasteiger partial charge in [-0.15, -0.1) is 0 Å². The molecule has 0 saturated carbocycles. The van der Waals surface area contributed by atoms with Gasteiger partial charge >= 0.3 is 12.1 Å². The van der Waals surface area contributed by atoms with Gasteiger partial charge in [-0.25, -0.2) is 4.79 Å². The Bertz CT molecular complexity index is 693. The second-order valence-electron chi connectivity index (χ2n) is 7.48. The first kappa shape index (κ1) is 21.8. The van der Waals surface area contributed by atoms with E-state index in [0.29, 0.717) is 18.6 Å². The SMILES string of the molecule is CC(C)CC(N)C(=O)OC(C)OC(=O)N(C)C(C)Cc1ccc2c(c1)OCO2. The number of hydrogen-bond donors (Lipinski definition) is 1. The Balaban J connectivity index is 1.83. The van der Waals surface area contributed by atoms with Gasteiger partial charge in [-0.3, -0.25) is 4.79 Å². The largest absolute Gasteiger partial charge is 0.454 e. The molecule has 0 radical (unpaired) electrons. The van der Waals surface area contributed by atoms with Gasteiger partial charge in [0.15, 0.2) is 11.5 Å². The third kappa shape index (κ3) is 6.02. The van der Waals surface area contributed by atoms with Crippen molar-refractivity contribution in [1.82, 2.24) is 4.90 Å². The topological polar surface area (TPSA) is 100 Å². The molecule has 8 heteroatoms. The van der Waals surface area contributed by atoms with E-state index in [4.69, 9.17) is 24.7 Å². The minimum absolute atomic E-state index is 0.140. The molecule has 1 aromatic carbocycles. The van der Waals surface area contributed by atoms with Gasteiger partial charge in [0.1, 0.15) is 6.04 Å². The smallest absolute Gasteiger partial charge is 0.412 e. The molecule has 0 spiro atoms. The Labute approximate surface area is 165 Å². The summed E-state index contributed by atoms with van der Waals surface area (Å²) >= 11 is 0. The highest BCUT2D eigenvalue weighted by atomic mass is 16.7. The Kier molecular flexibility index (Phi) is 7.51. The standard InChI is InChI=1S/C20H30N2O6/c1-12(2)8-16(21)19(23)27-14(4)28-20(24)22(5)13(3)9-15-6-7-17-18(10-15)26-11-25-17/h6-7,10,12-14,16H,8-9,11,21H2,1-5H3. The molecule has 2 N–H and O–H groups in total. The number of amides is 1. The predicted molar refractivity (Wildman–Crippen MR) is 103 cm³/mol. The van der Waals surface area contributed by atoms with Crippen molar-refractivity contribution >= 4 is 12.1 Å². The number of esters is 1. The number of fused-ring (bicyclic) bond motifs is 1. The lowest BCUT2D eigenvalue weighted by Crippen LogP contribution is -2.40. The highest BCUT2D eigenvalue weighted by Crippen LogP contribution is 2.33. The lowest BCUT2D eigenvalue weighted by molar-refractivity contribution is -0.168. The summed E-state index contributed by atoms with van der Waals surface area (Å²) in [5.41, 5.74) is 6.80. The van der Waals surface area contributed by atoms with Gasteiger partial charge < -0.3 is 29.6 Å². The van der Waals surface area contributed by atoms with Crippen molar-refractivity contribution in [3.05, 3.63) is 23.8 Å². The van der Waals surface area contributed by atoms with Gasteiger partial charge in [-0.2, -0.15) is 0 Å². The average Bonchev–Trinajstić information content (AvgIpc) is 3.07. The van der Waals surface area contributed by atoms with Crippen LogP contribution in [0.2, 0.25) is 0 Å². The van der Waals surface area contributed by atoms with Gasteiger partial charge in [0.05, 0.1) is 0 Å². The number of nitrogens with zero attached hydrogens (tertiary/aromatic N) is 1. The zero-order valence-electron chi connectivity index (χ0n) is 17.1. The summed E-state index contributed by atoms with van der Waals surface area (Å²) < 4.78 is 21.0. The normalized spacial score (nSPS) is 15.7. The van der Waals surface area contributed by atoms with Crippen molar-refractivity contribution in [1.29, 1.82) is 0 Å². The van der Waals surface area contributed by atoms with Crippen LogP contribution in [0.5, 0.6) is 11.5 Å². The zero-order valence-corrected chi connectivity index (χ0v) is 17.1. The number of benzene rings is 1. The summed E-state index contributed by atoms with van der Waals surface area (Å²) in [4.78, 5) is 25.7. The summed E-state index contributed by atoms with van der Waals surface area (Å²) in [6.45, 7) is 7.55. The van der Waals surface area contributed by atoms with Crippen LogP contribution >= 0.6 is 0 Å². The van der Waals surface area contributed by atoms with E-state index in [0.717, 1.165) is 11.3 Å². The molecular weight excluding hydrogens is 364 g/mol. The molecule has 0 fully saturated rings. The second kappa shape index (κ2) is 9.64. The molecule has 1 amide bonds. The molecule has 8 nitrogen and oxygen atoms in total. The monoisotopic (exact) mass is 394 g/mol. The maximum atomic E-state index is 12.3. The van der Waals surface area contributed by atoms with E-state index in [1.165, 1.54) is 11.8 Å². The van der Waals surface area contributed by atoms with E-state index >= 15 is 0 Å². The first-order valence-corrected chi connectivity index (χ1v) is 9.45. The Hall–Kier alpha value is -2.48. The van der Waals surface area contributed by atoms with E-state index in [9.17, 15) is 9.59 Å². The molecule has 3 atom stereocenters. The maximum Gasteiger partial charge on any atom is 0.412 e.